The SMILES string of the molecule is CC(C)(C)CCC(=O)C1CCCCS1. The molecular formula is C12H22OS. The molecule has 0 aromatic carbocycles. The Morgan fingerprint density at radius 2 is 2.07 bits per heavy atom. The number of hydrogen-bond acceptors (Lipinski definition) is 2. The van der Waals surface area contributed by atoms with Crippen molar-refractivity contribution >= 4 is 17.5 Å². The van der Waals surface area contributed by atoms with Crippen molar-refractivity contribution in [1.29, 1.82) is 0 Å². The van der Waals surface area contributed by atoms with Gasteiger partial charge in [0.15, 0.2) is 0 Å². The predicted octanol–water partition coefficient (Wildman–Crippen LogP) is 3.67. The van der Waals surface area contributed by atoms with E-state index in [1.54, 1.807) is 0 Å². The molecule has 0 aromatic heterocycles. The second-order valence-electron chi connectivity index (χ2n) is 5.38. The molecule has 0 saturated carbocycles. The molecule has 1 heterocycles. The predicted molar refractivity (Wildman–Crippen MR) is 63.8 cm³/mol. The van der Waals surface area contributed by atoms with E-state index in [0.29, 0.717) is 16.4 Å². The van der Waals surface area contributed by atoms with E-state index in [1.165, 1.54) is 18.6 Å². The zero-order valence-electron chi connectivity index (χ0n) is 9.64. The van der Waals surface area contributed by atoms with Gasteiger partial charge in [-0.05, 0) is 30.4 Å². The van der Waals surface area contributed by atoms with Crippen molar-refractivity contribution in [3.05, 3.63) is 0 Å². The Balaban J connectivity index is 2.27. The maximum atomic E-state index is 11.8. The molecule has 1 nitrogen and oxygen atoms in total. The largest absolute Gasteiger partial charge is 0.298 e. The molecule has 1 rings (SSSR count). The van der Waals surface area contributed by atoms with E-state index in [0.717, 1.165) is 19.3 Å². The van der Waals surface area contributed by atoms with Crippen molar-refractivity contribution < 1.29 is 4.79 Å². The van der Waals surface area contributed by atoms with E-state index in [1.807, 2.05) is 11.8 Å². The van der Waals surface area contributed by atoms with Gasteiger partial charge in [-0.25, -0.2) is 0 Å². The van der Waals surface area contributed by atoms with E-state index < -0.39 is 0 Å². The van der Waals surface area contributed by atoms with Gasteiger partial charge in [0.25, 0.3) is 0 Å². The molecule has 0 amide bonds. The van der Waals surface area contributed by atoms with Crippen molar-refractivity contribution in [2.24, 2.45) is 5.41 Å². The fourth-order valence-corrected chi connectivity index (χ4v) is 2.95. The fraction of sp³-hybridized carbons (Fsp3) is 0.917. The first-order valence-corrected chi connectivity index (χ1v) is 6.68. The molecule has 0 N–H and O–H groups in total. The third-order valence-electron chi connectivity index (χ3n) is 2.66. The number of hydrogen-bond donors (Lipinski definition) is 0. The lowest BCUT2D eigenvalue weighted by molar-refractivity contribution is -0.119. The summed E-state index contributed by atoms with van der Waals surface area (Å²) in [7, 11) is 0. The summed E-state index contributed by atoms with van der Waals surface area (Å²) in [5.74, 6) is 1.68. The van der Waals surface area contributed by atoms with Crippen molar-refractivity contribution in [2.45, 2.75) is 58.1 Å². The van der Waals surface area contributed by atoms with Gasteiger partial charge in [-0.3, -0.25) is 4.79 Å². The lowest BCUT2D eigenvalue weighted by Gasteiger charge is -2.22. The van der Waals surface area contributed by atoms with Gasteiger partial charge in [0, 0.05) is 6.42 Å². The molecule has 82 valence electrons. The number of rotatable bonds is 3. The first-order chi connectivity index (χ1) is 6.49. The second kappa shape index (κ2) is 5.20. The molecule has 0 aromatic rings. The molecule has 2 heteroatoms. The third-order valence-corrected chi connectivity index (χ3v) is 4.09. The molecule has 1 aliphatic rings. The number of ketones is 1. The summed E-state index contributed by atoms with van der Waals surface area (Å²) < 4.78 is 0. The first-order valence-electron chi connectivity index (χ1n) is 5.63. The van der Waals surface area contributed by atoms with E-state index >= 15 is 0 Å². The minimum atomic E-state index is 0.301. The Bertz CT molecular complexity index is 187. The van der Waals surface area contributed by atoms with E-state index in [4.69, 9.17) is 0 Å². The molecule has 1 unspecified atom stereocenters. The smallest absolute Gasteiger partial charge is 0.145 e. The van der Waals surface area contributed by atoms with Gasteiger partial charge in [0.05, 0.1) is 5.25 Å². The lowest BCUT2D eigenvalue weighted by atomic mass is 9.89. The van der Waals surface area contributed by atoms with Gasteiger partial charge in [0.1, 0.15) is 5.78 Å². The molecule has 1 aliphatic heterocycles. The van der Waals surface area contributed by atoms with Crippen molar-refractivity contribution in [2.75, 3.05) is 5.75 Å². The maximum Gasteiger partial charge on any atom is 0.145 e. The monoisotopic (exact) mass is 214 g/mol. The maximum absolute atomic E-state index is 11.8. The molecule has 1 atom stereocenters. The van der Waals surface area contributed by atoms with E-state index in [9.17, 15) is 4.79 Å². The molecule has 0 bridgehead atoms. The van der Waals surface area contributed by atoms with Crippen LogP contribution in [0.4, 0.5) is 0 Å². The van der Waals surface area contributed by atoms with Crippen LogP contribution in [0.3, 0.4) is 0 Å². The molecule has 1 saturated heterocycles. The number of carbonyl (C=O) groups excluding carboxylic acids is 1. The average molecular weight is 214 g/mol. The normalized spacial score (nSPS) is 23.5. The lowest BCUT2D eigenvalue weighted by Crippen LogP contribution is -2.22. The minimum absolute atomic E-state index is 0.301. The highest BCUT2D eigenvalue weighted by atomic mass is 32.2. The van der Waals surface area contributed by atoms with Crippen molar-refractivity contribution in [1.82, 2.24) is 0 Å². The van der Waals surface area contributed by atoms with E-state index in [-0.39, 0.29) is 0 Å². The van der Waals surface area contributed by atoms with Crippen molar-refractivity contribution in [3.63, 3.8) is 0 Å². The summed E-state index contributed by atoms with van der Waals surface area (Å²) in [5.41, 5.74) is 0.301. The van der Waals surface area contributed by atoms with Gasteiger partial charge < -0.3 is 0 Å². The van der Waals surface area contributed by atoms with Crippen LogP contribution >= 0.6 is 11.8 Å². The van der Waals surface area contributed by atoms with E-state index in [2.05, 4.69) is 20.8 Å². The molecule has 1 fully saturated rings. The van der Waals surface area contributed by atoms with Crippen LogP contribution in [0.2, 0.25) is 0 Å². The quantitative estimate of drug-likeness (QED) is 0.713. The molecule has 0 spiro atoms. The van der Waals surface area contributed by atoms with Gasteiger partial charge in [0.2, 0.25) is 0 Å². The van der Waals surface area contributed by atoms with Gasteiger partial charge >= 0.3 is 0 Å². The third kappa shape index (κ3) is 4.50. The van der Waals surface area contributed by atoms with Crippen LogP contribution in [0.1, 0.15) is 52.9 Å². The standard InChI is InChI=1S/C12H22OS/c1-12(2,3)8-7-10(13)11-6-4-5-9-14-11/h11H,4-9H2,1-3H3. The Kier molecular flexibility index (Phi) is 4.49. The Labute approximate surface area is 92.0 Å². The van der Waals surface area contributed by atoms with Crippen molar-refractivity contribution in [3.8, 4) is 0 Å². The first kappa shape index (κ1) is 12.1. The highest BCUT2D eigenvalue weighted by Crippen LogP contribution is 2.29. The Hall–Kier alpha value is 0.0200. The zero-order chi connectivity index (χ0) is 10.6. The highest BCUT2D eigenvalue weighted by molar-refractivity contribution is 8.00. The van der Waals surface area contributed by atoms with Crippen LogP contribution in [0.15, 0.2) is 0 Å². The average Bonchev–Trinajstić information content (AvgIpc) is 2.14. The summed E-state index contributed by atoms with van der Waals surface area (Å²) in [4.78, 5) is 11.8. The summed E-state index contributed by atoms with van der Waals surface area (Å²) in [6.45, 7) is 6.61. The van der Waals surface area contributed by atoms with Crippen LogP contribution in [-0.2, 0) is 4.79 Å². The highest BCUT2D eigenvalue weighted by Gasteiger charge is 2.22. The Morgan fingerprint density at radius 1 is 1.36 bits per heavy atom. The van der Waals surface area contributed by atoms with Crippen LogP contribution in [0.25, 0.3) is 0 Å². The zero-order valence-corrected chi connectivity index (χ0v) is 10.5. The van der Waals surface area contributed by atoms with Gasteiger partial charge in [-0.15, -0.1) is 0 Å². The van der Waals surface area contributed by atoms with Crippen LogP contribution in [-0.4, -0.2) is 16.8 Å². The Morgan fingerprint density at radius 3 is 2.57 bits per heavy atom. The number of thioether (sulfide) groups is 1. The number of Topliss-reactive ketones (excluding diaryl/α,β-unsaturated/α-hetero) is 1. The summed E-state index contributed by atoms with van der Waals surface area (Å²) in [6, 6.07) is 0. The minimum Gasteiger partial charge on any atom is -0.298 e. The molecule has 0 radical (unpaired) electrons. The summed E-state index contributed by atoms with van der Waals surface area (Å²) in [5, 5.41) is 0.325. The van der Waals surface area contributed by atoms with Gasteiger partial charge in [-0.2, -0.15) is 11.8 Å². The van der Waals surface area contributed by atoms with Gasteiger partial charge in [-0.1, -0.05) is 27.2 Å². The molecule has 0 aliphatic carbocycles. The fourth-order valence-electron chi connectivity index (χ4n) is 1.65. The molecule has 14 heavy (non-hydrogen) atoms. The summed E-state index contributed by atoms with van der Waals surface area (Å²) in [6.07, 6.45) is 5.48. The topological polar surface area (TPSA) is 17.1 Å². The van der Waals surface area contributed by atoms with Crippen LogP contribution in [0, 0.1) is 5.41 Å². The molecular weight excluding hydrogens is 192 g/mol. The summed E-state index contributed by atoms with van der Waals surface area (Å²) >= 11 is 1.87. The van der Waals surface area contributed by atoms with Crippen LogP contribution in [0.5, 0.6) is 0 Å². The van der Waals surface area contributed by atoms with Crippen LogP contribution < -0.4 is 0 Å². The number of carbonyl (C=O) groups is 1. The second-order valence-corrected chi connectivity index (χ2v) is 6.69.